The van der Waals surface area contributed by atoms with Gasteiger partial charge < -0.3 is 5.32 Å². The Balaban J connectivity index is 1.53. The minimum atomic E-state index is -0.835. The highest BCUT2D eigenvalue weighted by Gasteiger charge is 2.43. The summed E-state index contributed by atoms with van der Waals surface area (Å²) in [6.45, 7) is 5.83. The fourth-order valence-corrected chi connectivity index (χ4v) is 5.00. The molecule has 1 aliphatic carbocycles. The Morgan fingerprint density at radius 1 is 1.18 bits per heavy atom. The van der Waals surface area contributed by atoms with Crippen LogP contribution in [-0.2, 0) is 30.1 Å². The minimum Gasteiger partial charge on any atom is -0.310 e. The van der Waals surface area contributed by atoms with E-state index in [2.05, 4.69) is 22.3 Å². The van der Waals surface area contributed by atoms with E-state index in [1.54, 1.807) is 30.9 Å². The number of nitrogens with one attached hydrogen (secondary N) is 1. The van der Waals surface area contributed by atoms with E-state index in [0.29, 0.717) is 35.6 Å². The summed E-state index contributed by atoms with van der Waals surface area (Å²) < 4.78 is 1.25. The second kappa shape index (κ2) is 9.54. The van der Waals surface area contributed by atoms with Crippen molar-refractivity contribution < 1.29 is 9.59 Å². The second-order valence-corrected chi connectivity index (χ2v) is 10.1. The summed E-state index contributed by atoms with van der Waals surface area (Å²) in [6.07, 6.45) is 1.35. The number of amides is 1. The smallest absolute Gasteiger partial charge is 0.266 e. The van der Waals surface area contributed by atoms with Crippen molar-refractivity contribution in [3.8, 4) is 0 Å². The predicted octanol–water partition coefficient (Wildman–Crippen LogP) is 3.86. The molecule has 1 N–H and O–H groups in total. The molecule has 34 heavy (non-hydrogen) atoms. The SMILES string of the molecule is CCSc1ccc(CC(=O)Nc2cc(C)c3c(n2)CCC(C)(c2ccc(=O)n(C)n2)C3=O)cc1. The number of fused-ring (bicyclic) bond motifs is 1. The van der Waals surface area contributed by atoms with Crippen LogP contribution in [0.25, 0.3) is 0 Å². The Hall–Kier alpha value is -3.26. The number of carbonyl (C=O) groups is 2. The number of ketones is 1. The monoisotopic (exact) mass is 476 g/mol. The van der Waals surface area contributed by atoms with Crippen LogP contribution >= 0.6 is 11.8 Å². The number of anilines is 1. The third kappa shape index (κ3) is 4.68. The van der Waals surface area contributed by atoms with Crippen molar-refractivity contribution in [3.63, 3.8) is 0 Å². The number of hydrogen-bond acceptors (Lipinski definition) is 6. The molecule has 4 rings (SSSR count). The highest BCUT2D eigenvalue weighted by molar-refractivity contribution is 7.99. The number of aromatic nitrogens is 3. The first kappa shape index (κ1) is 23.9. The van der Waals surface area contributed by atoms with Gasteiger partial charge >= 0.3 is 0 Å². The van der Waals surface area contributed by atoms with Gasteiger partial charge in [0.2, 0.25) is 5.91 Å². The number of hydrogen-bond donors (Lipinski definition) is 1. The number of Topliss-reactive ketones (excluding diaryl/α,β-unsaturated/α-hetero) is 1. The summed E-state index contributed by atoms with van der Waals surface area (Å²) in [7, 11) is 1.58. The molecule has 3 aromatic rings. The first-order valence-corrected chi connectivity index (χ1v) is 12.3. The molecule has 1 unspecified atom stereocenters. The molecular formula is C26H28N4O3S. The van der Waals surface area contributed by atoms with Gasteiger partial charge in [0.1, 0.15) is 5.82 Å². The number of benzene rings is 1. The van der Waals surface area contributed by atoms with Crippen molar-refractivity contribution in [1.29, 1.82) is 0 Å². The van der Waals surface area contributed by atoms with Gasteiger partial charge in [-0.2, -0.15) is 5.10 Å². The molecule has 0 aliphatic heterocycles. The van der Waals surface area contributed by atoms with E-state index in [1.165, 1.54) is 15.6 Å². The molecule has 0 saturated carbocycles. The number of nitrogens with zero attached hydrogens (tertiary/aromatic N) is 3. The summed E-state index contributed by atoms with van der Waals surface area (Å²) in [6, 6.07) is 12.8. The van der Waals surface area contributed by atoms with Crippen molar-refractivity contribution in [2.24, 2.45) is 7.05 Å². The molecule has 1 amide bonds. The van der Waals surface area contributed by atoms with Gasteiger partial charge in [0.05, 0.1) is 23.2 Å². The average Bonchev–Trinajstić information content (AvgIpc) is 2.79. The largest absolute Gasteiger partial charge is 0.310 e. The first-order valence-electron chi connectivity index (χ1n) is 11.3. The lowest BCUT2D eigenvalue weighted by Gasteiger charge is -2.33. The highest BCUT2D eigenvalue weighted by atomic mass is 32.2. The van der Waals surface area contributed by atoms with Crippen LogP contribution in [0.3, 0.4) is 0 Å². The molecule has 0 radical (unpaired) electrons. The van der Waals surface area contributed by atoms with Crippen molar-refractivity contribution in [2.45, 2.75) is 50.3 Å². The first-order chi connectivity index (χ1) is 16.2. The highest BCUT2D eigenvalue weighted by Crippen LogP contribution is 2.38. The van der Waals surface area contributed by atoms with Gasteiger partial charge in [-0.1, -0.05) is 19.1 Å². The van der Waals surface area contributed by atoms with Gasteiger partial charge in [-0.15, -0.1) is 11.8 Å². The molecule has 1 aliphatic rings. The third-order valence-electron chi connectivity index (χ3n) is 6.27. The van der Waals surface area contributed by atoms with E-state index < -0.39 is 5.41 Å². The minimum absolute atomic E-state index is 0.0622. The van der Waals surface area contributed by atoms with E-state index in [1.807, 2.05) is 38.1 Å². The van der Waals surface area contributed by atoms with Gasteiger partial charge in [-0.05, 0) is 67.8 Å². The number of pyridine rings is 1. The fraction of sp³-hybridized carbons (Fsp3) is 0.346. The lowest BCUT2D eigenvalue weighted by Crippen LogP contribution is -2.40. The zero-order valence-corrected chi connectivity index (χ0v) is 20.7. The molecule has 2 aromatic heterocycles. The van der Waals surface area contributed by atoms with Crippen molar-refractivity contribution >= 4 is 29.3 Å². The number of carbonyl (C=O) groups excluding carboxylic acids is 2. The lowest BCUT2D eigenvalue weighted by molar-refractivity contribution is -0.115. The summed E-state index contributed by atoms with van der Waals surface area (Å²) in [5.74, 6) is 1.25. The van der Waals surface area contributed by atoms with Gasteiger partial charge in [-0.3, -0.25) is 14.4 Å². The van der Waals surface area contributed by atoms with E-state index in [-0.39, 0.29) is 23.7 Å². The molecule has 0 bridgehead atoms. The molecular weight excluding hydrogens is 448 g/mol. The van der Waals surface area contributed by atoms with Gasteiger partial charge in [0, 0.05) is 23.6 Å². The van der Waals surface area contributed by atoms with E-state index in [4.69, 9.17) is 0 Å². The standard InChI is InChI=1S/C26H28N4O3S/c1-5-34-18-8-6-17(7-9-18)15-22(31)28-21-14-16(2)24-19(27-21)12-13-26(3,25(24)33)20-10-11-23(32)30(4)29-20/h6-11,14H,5,12-13,15H2,1-4H3,(H,27,28,31). The maximum absolute atomic E-state index is 13.5. The van der Waals surface area contributed by atoms with Crippen molar-refractivity contribution in [1.82, 2.24) is 14.8 Å². The van der Waals surface area contributed by atoms with Crippen LogP contribution in [0.4, 0.5) is 5.82 Å². The van der Waals surface area contributed by atoms with Crippen LogP contribution in [0, 0.1) is 6.92 Å². The van der Waals surface area contributed by atoms with Gasteiger partial charge in [0.25, 0.3) is 5.56 Å². The summed E-state index contributed by atoms with van der Waals surface area (Å²) in [5.41, 5.74) is 2.48. The second-order valence-electron chi connectivity index (χ2n) is 8.79. The van der Waals surface area contributed by atoms with E-state index in [0.717, 1.165) is 16.9 Å². The van der Waals surface area contributed by atoms with Crippen molar-refractivity contribution in [2.75, 3.05) is 11.1 Å². The normalized spacial score (nSPS) is 17.4. The number of aryl methyl sites for hydroxylation is 3. The molecule has 0 fully saturated rings. The molecule has 2 heterocycles. The van der Waals surface area contributed by atoms with Crippen LogP contribution < -0.4 is 10.9 Å². The maximum Gasteiger partial charge on any atom is 0.266 e. The summed E-state index contributed by atoms with van der Waals surface area (Å²) in [5, 5.41) is 7.22. The Morgan fingerprint density at radius 3 is 2.59 bits per heavy atom. The average molecular weight is 477 g/mol. The summed E-state index contributed by atoms with van der Waals surface area (Å²) in [4.78, 5) is 43.7. The Bertz CT molecular complexity index is 1320. The zero-order chi connectivity index (χ0) is 24.5. The van der Waals surface area contributed by atoms with Crippen LogP contribution in [0.1, 0.15) is 53.1 Å². The van der Waals surface area contributed by atoms with Crippen molar-refractivity contribution in [3.05, 3.63) is 80.9 Å². The molecule has 0 spiro atoms. The topological polar surface area (TPSA) is 93.9 Å². The van der Waals surface area contributed by atoms with E-state index >= 15 is 0 Å². The van der Waals surface area contributed by atoms with E-state index in [9.17, 15) is 14.4 Å². The molecule has 0 saturated heterocycles. The Morgan fingerprint density at radius 2 is 1.91 bits per heavy atom. The van der Waals surface area contributed by atoms with Gasteiger partial charge in [-0.25, -0.2) is 9.67 Å². The fourth-order valence-electron chi connectivity index (χ4n) is 4.33. The molecule has 8 heteroatoms. The van der Waals surface area contributed by atoms with Gasteiger partial charge in [0.15, 0.2) is 5.78 Å². The molecule has 176 valence electrons. The quantitative estimate of drug-likeness (QED) is 0.543. The molecule has 1 aromatic carbocycles. The van der Waals surface area contributed by atoms with Crippen LogP contribution in [0.2, 0.25) is 0 Å². The molecule has 7 nitrogen and oxygen atoms in total. The summed E-state index contributed by atoms with van der Waals surface area (Å²) >= 11 is 1.76. The van der Waals surface area contributed by atoms with Crippen LogP contribution in [0.15, 0.2) is 52.2 Å². The lowest BCUT2D eigenvalue weighted by atomic mass is 9.70. The number of rotatable bonds is 6. The predicted molar refractivity (Wildman–Crippen MR) is 134 cm³/mol. The zero-order valence-electron chi connectivity index (χ0n) is 19.8. The van der Waals surface area contributed by atoms with Crippen LogP contribution in [0.5, 0.6) is 0 Å². The maximum atomic E-state index is 13.5. The Kier molecular flexibility index (Phi) is 6.70. The third-order valence-corrected chi connectivity index (χ3v) is 7.17. The van der Waals surface area contributed by atoms with Crippen LogP contribution in [-0.4, -0.2) is 32.2 Å². The Labute approximate surface area is 203 Å². The number of thioether (sulfide) groups is 1. The molecule has 1 atom stereocenters.